The van der Waals surface area contributed by atoms with Gasteiger partial charge >= 0.3 is 5.97 Å². The Morgan fingerprint density at radius 2 is 1.71 bits per heavy atom. The van der Waals surface area contributed by atoms with Crippen molar-refractivity contribution in [1.82, 2.24) is 5.16 Å². The van der Waals surface area contributed by atoms with Crippen molar-refractivity contribution in [2.24, 2.45) is 5.92 Å². The average Bonchev–Trinajstić information content (AvgIpc) is 3.54. The molecule has 34 heavy (non-hydrogen) atoms. The van der Waals surface area contributed by atoms with Crippen LogP contribution in [0.1, 0.15) is 62.8 Å². The Morgan fingerprint density at radius 1 is 1.09 bits per heavy atom. The lowest BCUT2D eigenvalue weighted by atomic mass is 9.90. The molecule has 1 heterocycles. The fourth-order valence-corrected chi connectivity index (χ4v) is 4.78. The zero-order valence-corrected chi connectivity index (χ0v) is 20.5. The molecular formula is C29H35NO4. The Morgan fingerprint density at radius 3 is 2.29 bits per heavy atom. The number of aliphatic hydroxyl groups is 1. The molecule has 0 spiro atoms. The van der Waals surface area contributed by atoms with E-state index in [9.17, 15) is 4.79 Å². The molecule has 1 aliphatic rings. The van der Waals surface area contributed by atoms with Crippen LogP contribution in [-0.4, -0.2) is 29.4 Å². The second kappa shape index (κ2) is 10.6. The van der Waals surface area contributed by atoms with Crippen LogP contribution in [0.2, 0.25) is 0 Å². The number of carbonyl (C=O) groups is 1. The fraction of sp³-hybridized carbons (Fsp3) is 0.448. The summed E-state index contributed by atoms with van der Waals surface area (Å²) >= 11 is 0. The van der Waals surface area contributed by atoms with E-state index in [0.717, 1.165) is 65.8 Å². The summed E-state index contributed by atoms with van der Waals surface area (Å²) < 4.78 is 10.9. The molecule has 1 unspecified atom stereocenters. The lowest BCUT2D eigenvalue weighted by Gasteiger charge is -2.15. The molecule has 0 amide bonds. The molecule has 5 nitrogen and oxygen atoms in total. The maximum atomic E-state index is 12.0. The number of benzene rings is 2. The van der Waals surface area contributed by atoms with E-state index in [0.29, 0.717) is 18.9 Å². The SMILES string of the molecule is CCOC(=O)CC1(c2ccc(-c3ccc(-c4onc(C)c4CC(C)CCCO)cc3)cc2)CC1. The molecule has 1 atom stereocenters. The summed E-state index contributed by atoms with van der Waals surface area (Å²) in [6.07, 6.45) is 5.23. The van der Waals surface area contributed by atoms with Crippen molar-refractivity contribution in [1.29, 1.82) is 0 Å². The number of ether oxygens (including phenoxy) is 1. The summed E-state index contributed by atoms with van der Waals surface area (Å²) in [4.78, 5) is 12.0. The molecule has 180 valence electrons. The highest BCUT2D eigenvalue weighted by molar-refractivity contribution is 5.73. The molecule has 1 aromatic heterocycles. The molecule has 4 rings (SSSR count). The van der Waals surface area contributed by atoms with Crippen LogP contribution < -0.4 is 0 Å². The highest BCUT2D eigenvalue weighted by Crippen LogP contribution is 2.51. The van der Waals surface area contributed by atoms with Gasteiger partial charge in [0, 0.05) is 23.1 Å². The Kier molecular flexibility index (Phi) is 7.52. The first kappa shape index (κ1) is 24.2. The Labute approximate surface area is 202 Å². The monoisotopic (exact) mass is 461 g/mol. The number of hydrogen-bond donors (Lipinski definition) is 1. The molecule has 0 aliphatic heterocycles. The van der Waals surface area contributed by atoms with Crippen LogP contribution in [0.4, 0.5) is 0 Å². The standard InChI is InChI=1S/C29H35NO4/c1-4-33-27(32)19-29(15-16-29)25-13-11-23(12-14-25)22-7-9-24(10-8-22)28-26(21(3)30-34-28)18-20(2)6-5-17-31/h7-14,20,31H,4-6,15-19H2,1-3H3. The van der Waals surface area contributed by atoms with Gasteiger partial charge in [-0.15, -0.1) is 0 Å². The zero-order valence-electron chi connectivity index (χ0n) is 20.5. The van der Waals surface area contributed by atoms with Crippen LogP contribution in [-0.2, 0) is 21.4 Å². The molecule has 5 heteroatoms. The minimum atomic E-state index is -0.107. The van der Waals surface area contributed by atoms with Crippen molar-refractivity contribution in [2.45, 2.75) is 64.7 Å². The number of aromatic nitrogens is 1. The predicted molar refractivity (Wildman–Crippen MR) is 133 cm³/mol. The van der Waals surface area contributed by atoms with Gasteiger partial charge in [0.05, 0.1) is 18.7 Å². The van der Waals surface area contributed by atoms with Crippen molar-refractivity contribution in [3.8, 4) is 22.5 Å². The van der Waals surface area contributed by atoms with Crippen LogP contribution in [0.5, 0.6) is 0 Å². The van der Waals surface area contributed by atoms with Crippen molar-refractivity contribution in [3.63, 3.8) is 0 Å². The number of aliphatic hydroxyl groups excluding tert-OH is 1. The van der Waals surface area contributed by atoms with Crippen molar-refractivity contribution in [3.05, 3.63) is 65.4 Å². The van der Waals surface area contributed by atoms with Gasteiger partial charge in [-0.25, -0.2) is 0 Å². The van der Waals surface area contributed by atoms with Crippen LogP contribution in [0.25, 0.3) is 22.5 Å². The Hall–Kier alpha value is -2.92. The van der Waals surface area contributed by atoms with Crippen molar-refractivity contribution < 1.29 is 19.2 Å². The third-order valence-electron chi connectivity index (χ3n) is 7.01. The van der Waals surface area contributed by atoms with Crippen LogP contribution >= 0.6 is 0 Å². The van der Waals surface area contributed by atoms with E-state index >= 15 is 0 Å². The summed E-state index contributed by atoms with van der Waals surface area (Å²) in [5.41, 5.74) is 6.58. The van der Waals surface area contributed by atoms with Crippen molar-refractivity contribution in [2.75, 3.05) is 13.2 Å². The smallest absolute Gasteiger partial charge is 0.306 e. The van der Waals surface area contributed by atoms with Crippen LogP contribution in [0, 0.1) is 12.8 Å². The molecule has 3 aromatic rings. The third-order valence-corrected chi connectivity index (χ3v) is 7.01. The topological polar surface area (TPSA) is 72.6 Å². The third kappa shape index (κ3) is 5.41. The molecule has 1 aliphatic carbocycles. The van der Waals surface area contributed by atoms with E-state index in [1.54, 1.807) is 0 Å². The first-order valence-electron chi connectivity index (χ1n) is 12.4. The van der Waals surface area contributed by atoms with Gasteiger partial charge in [-0.05, 0) is 68.6 Å². The second-order valence-electron chi connectivity index (χ2n) is 9.67. The number of rotatable bonds is 11. The van der Waals surface area contributed by atoms with Crippen LogP contribution in [0.15, 0.2) is 53.1 Å². The van der Waals surface area contributed by atoms with Crippen molar-refractivity contribution >= 4 is 5.97 Å². The first-order chi connectivity index (χ1) is 16.5. The molecule has 2 aromatic carbocycles. The summed E-state index contributed by atoms with van der Waals surface area (Å²) in [5, 5.41) is 13.3. The average molecular weight is 462 g/mol. The van der Waals surface area contributed by atoms with Gasteiger partial charge in [-0.2, -0.15) is 0 Å². The van der Waals surface area contributed by atoms with E-state index in [1.807, 2.05) is 13.8 Å². The van der Waals surface area contributed by atoms with Gasteiger partial charge in [-0.3, -0.25) is 4.79 Å². The van der Waals surface area contributed by atoms with E-state index < -0.39 is 0 Å². The van der Waals surface area contributed by atoms with Gasteiger partial charge in [0.15, 0.2) is 5.76 Å². The molecule has 1 N–H and O–H groups in total. The Balaban J connectivity index is 1.47. The minimum Gasteiger partial charge on any atom is -0.466 e. The van der Waals surface area contributed by atoms with E-state index in [4.69, 9.17) is 14.4 Å². The molecule has 0 radical (unpaired) electrons. The maximum Gasteiger partial charge on any atom is 0.306 e. The summed E-state index contributed by atoms with van der Waals surface area (Å²) in [6, 6.07) is 17.0. The summed E-state index contributed by atoms with van der Waals surface area (Å²) in [6.45, 7) is 6.71. The minimum absolute atomic E-state index is 0.0382. The van der Waals surface area contributed by atoms with E-state index in [2.05, 4.69) is 60.6 Å². The normalized spacial score (nSPS) is 15.2. The first-order valence-corrected chi connectivity index (χ1v) is 12.4. The van der Waals surface area contributed by atoms with Gasteiger partial charge in [0.2, 0.25) is 0 Å². The van der Waals surface area contributed by atoms with Gasteiger partial charge in [0.25, 0.3) is 0 Å². The van der Waals surface area contributed by atoms with E-state index in [-0.39, 0.29) is 18.0 Å². The molecular weight excluding hydrogens is 426 g/mol. The van der Waals surface area contributed by atoms with Gasteiger partial charge in [0.1, 0.15) is 0 Å². The molecule has 1 saturated carbocycles. The lowest BCUT2D eigenvalue weighted by molar-refractivity contribution is -0.143. The fourth-order valence-electron chi connectivity index (χ4n) is 4.78. The van der Waals surface area contributed by atoms with Crippen LogP contribution in [0.3, 0.4) is 0 Å². The molecule has 0 saturated heterocycles. The summed E-state index contributed by atoms with van der Waals surface area (Å²) in [7, 11) is 0. The number of nitrogens with zero attached hydrogens (tertiary/aromatic N) is 1. The number of aryl methyl sites for hydroxylation is 1. The second-order valence-corrected chi connectivity index (χ2v) is 9.67. The number of hydrogen-bond acceptors (Lipinski definition) is 5. The maximum absolute atomic E-state index is 12.0. The quantitative estimate of drug-likeness (QED) is 0.342. The molecule has 1 fully saturated rings. The predicted octanol–water partition coefficient (Wildman–Crippen LogP) is 6.25. The van der Waals surface area contributed by atoms with E-state index in [1.165, 1.54) is 5.56 Å². The van der Waals surface area contributed by atoms with Gasteiger partial charge < -0.3 is 14.4 Å². The summed E-state index contributed by atoms with van der Waals surface area (Å²) in [5.74, 6) is 1.19. The Bertz CT molecular complexity index is 1090. The highest BCUT2D eigenvalue weighted by Gasteiger charge is 2.46. The zero-order chi connectivity index (χ0) is 24.1. The number of esters is 1. The number of carbonyl (C=O) groups excluding carboxylic acids is 1. The lowest BCUT2D eigenvalue weighted by Crippen LogP contribution is -2.15. The highest BCUT2D eigenvalue weighted by atomic mass is 16.5. The van der Waals surface area contributed by atoms with Gasteiger partial charge in [-0.1, -0.05) is 60.6 Å². The largest absolute Gasteiger partial charge is 0.466 e. The molecule has 0 bridgehead atoms.